The van der Waals surface area contributed by atoms with Crippen LogP contribution < -0.4 is 0 Å². The highest BCUT2D eigenvalue weighted by atomic mass is 16.2. The van der Waals surface area contributed by atoms with Gasteiger partial charge >= 0.3 is 0 Å². The van der Waals surface area contributed by atoms with Crippen LogP contribution in [0.2, 0.25) is 0 Å². The summed E-state index contributed by atoms with van der Waals surface area (Å²) in [7, 11) is 0. The smallest absolute Gasteiger partial charge is 0.261 e. The topological polar surface area (TPSA) is 69.0 Å². The second-order valence-corrected chi connectivity index (χ2v) is 6.33. The number of amides is 2. The lowest BCUT2D eigenvalue weighted by Crippen LogP contribution is -2.31. The summed E-state index contributed by atoms with van der Waals surface area (Å²) in [4.78, 5) is 32.8. The lowest BCUT2D eigenvalue weighted by molar-refractivity contribution is 0.0656. The van der Waals surface area contributed by atoms with Crippen LogP contribution in [-0.4, -0.2) is 33.2 Å². The first-order valence-corrected chi connectivity index (χ1v) is 8.25. The zero-order valence-electron chi connectivity index (χ0n) is 13.4. The molecule has 0 aliphatic carbocycles. The van der Waals surface area contributed by atoms with Crippen molar-refractivity contribution in [1.29, 1.82) is 0 Å². The number of hydrogen-bond acceptors (Lipinski definition) is 2. The molecule has 2 aromatic heterocycles. The van der Waals surface area contributed by atoms with E-state index in [0.29, 0.717) is 24.1 Å². The van der Waals surface area contributed by atoms with E-state index in [1.807, 2.05) is 18.5 Å². The minimum absolute atomic E-state index is 0.202. The van der Waals surface area contributed by atoms with Crippen LogP contribution in [-0.2, 0) is 6.42 Å². The van der Waals surface area contributed by atoms with Gasteiger partial charge in [-0.3, -0.25) is 14.5 Å². The number of aromatic amines is 2. The average molecular weight is 329 g/mol. The summed E-state index contributed by atoms with van der Waals surface area (Å²) in [5, 5.41) is 2.27. The normalized spacial score (nSPS) is 14.0. The fourth-order valence-electron chi connectivity index (χ4n) is 3.61. The van der Waals surface area contributed by atoms with Crippen molar-refractivity contribution in [3.63, 3.8) is 0 Å². The average Bonchev–Trinajstić information content (AvgIpc) is 3.30. The van der Waals surface area contributed by atoms with E-state index in [-0.39, 0.29) is 11.8 Å². The molecule has 0 unspecified atom stereocenters. The molecule has 0 spiro atoms. The number of rotatable bonds is 3. The van der Waals surface area contributed by atoms with Crippen LogP contribution in [0.4, 0.5) is 0 Å². The molecule has 0 radical (unpaired) electrons. The van der Waals surface area contributed by atoms with Crippen LogP contribution >= 0.6 is 0 Å². The van der Waals surface area contributed by atoms with Gasteiger partial charge < -0.3 is 9.97 Å². The van der Waals surface area contributed by atoms with Crippen molar-refractivity contribution < 1.29 is 9.59 Å². The number of aromatic nitrogens is 2. The first-order chi connectivity index (χ1) is 12.2. The molecule has 122 valence electrons. The summed E-state index contributed by atoms with van der Waals surface area (Å²) in [6.45, 7) is 0.377. The second kappa shape index (κ2) is 5.08. The zero-order chi connectivity index (χ0) is 17.0. The number of nitrogens with zero attached hydrogens (tertiary/aromatic N) is 1. The van der Waals surface area contributed by atoms with E-state index in [1.165, 1.54) is 4.90 Å². The van der Waals surface area contributed by atoms with Gasteiger partial charge in [-0.25, -0.2) is 0 Å². The van der Waals surface area contributed by atoms with E-state index in [4.69, 9.17) is 0 Å². The van der Waals surface area contributed by atoms with Crippen LogP contribution in [0.3, 0.4) is 0 Å². The molecule has 5 heteroatoms. The molecule has 2 amide bonds. The Morgan fingerprint density at radius 3 is 2.40 bits per heavy atom. The molecule has 25 heavy (non-hydrogen) atoms. The number of imide groups is 1. The van der Waals surface area contributed by atoms with Crippen molar-refractivity contribution >= 4 is 33.6 Å². The molecule has 2 aromatic carbocycles. The van der Waals surface area contributed by atoms with Crippen LogP contribution in [0.5, 0.6) is 0 Å². The fraction of sp³-hybridized carbons (Fsp3) is 0.100. The Labute approximate surface area is 143 Å². The van der Waals surface area contributed by atoms with Gasteiger partial charge in [-0.05, 0) is 42.3 Å². The number of nitrogens with one attached hydrogen (secondary N) is 2. The molecular formula is C20H15N3O2. The summed E-state index contributed by atoms with van der Waals surface area (Å²) < 4.78 is 0. The predicted molar refractivity (Wildman–Crippen MR) is 95.7 cm³/mol. The molecule has 1 aliphatic heterocycles. The van der Waals surface area contributed by atoms with Crippen LogP contribution in [0.1, 0.15) is 26.3 Å². The number of fused-ring (bicyclic) bond motifs is 3. The number of carbonyl (C=O) groups excluding carboxylic acids is 2. The largest absolute Gasteiger partial charge is 0.361 e. The third-order valence-electron chi connectivity index (χ3n) is 4.92. The van der Waals surface area contributed by atoms with Gasteiger partial charge in [-0.2, -0.15) is 0 Å². The van der Waals surface area contributed by atoms with Gasteiger partial charge in [0, 0.05) is 40.7 Å². The van der Waals surface area contributed by atoms with Gasteiger partial charge in [-0.1, -0.05) is 12.1 Å². The number of H-pyrrole nitrogens is 2. The number of hydrogen-bond donors (Lipinski definition) is 2. The maximum absolute atomic E-state index is 12.5. The number of carbonyl (C=O) groups is 2. The van der Waals surface area contributed by atoms with E-state index in [2.05, 4.69) is 22.1 Å². The quantitative estimate of drug-likeness (QED) is 0.565. The molecule has 4 aromatic rings. The molecule has 1 aliphatic rings. The molecule has 0 bridgehead atoms. The highest BCUT2D eigenvalue weighted by Gasteiger charge is 2.34. The molecular weight excluding hydrogens is 314 g/mol. The van der Waals surface area contributed by atoms with E-state index in [9.17, 15) is 9.59 Å². The van der Waals surface area contributed by atoms with Crippen LogP contribution in [0.15, 0.2) is 54.9 Å². The molecule has 2 N–H and O–H groups in total. The van der Waals surface area contributed by atoms with Crippen molar-refractivity contribution in [1.82, 2.24) is 14.9 Å². The summed E-state index contributed by atoms with van der Waals surface area (Å²) in [6, 6.07) is 13.2. The maximum Gasteiger partial charge on any atom is 0.261 e. The van der Waals surface area contributed by atoms with Gasteiger partial charge in [-0.15, -0.1) is 0 Å². The van der Waals surface area contributed by atoms with Crippen molar-refractivity contribution in [2.45, 2.75) is 6.42 Å². The molecule has 3 heterocycles. The van der Waals surface area contributed by atoms with Crippen LogP contribution in [0, 0.1) is 0 Å². The Morgan fingerprint density at radius 1 is 0.880 bits per heavy atom. The Hall–Kier alpha value is -3.34. The molecule has 0 fully saturated rings. The zero-order valence-corrected chi connectivity index (χ0v) is 13.4. The maximum atomic E-state index is 12.5. The minimum Gasteiger partial charge on any atom is -0.361 e. The highest BCUT2D eigenvalue weighted by molar-refractivity contribution is 6.21. The predicted octanol–water partition coefficient (Wildman–Crippen LogP) is 3.49. The van der Waals surface area contributed by atoms with E-state index in [1.54, 1.807) is 24.3 Å². The van der Waals surface area contributed by atoms with Crippen molar-refractivity contribution in [3.8, 4) is 0 Å². The van der Waals surface area contributed by atoms with E-state index in [0.717, 1.165) is 27.4 Å². The summed E-state index contributed by atoms with van der Waals surface area (Å²) in [5.74, 6) is -0.403. The van der Waals surface area contributed by atoms with E-state index < -0.39 is 0 Å². The summed E-state index contributed by atoms with van der Waals surface area (Å²) in [6.07, 6.45) is 4.50. The Morgan fingerprint density at radius 2 is 1.64 bits per heavy atom. The van der Waals surface area contributed by atoms with Crippen LogP contribution in [0.25, 0.3) is 21.8 Å². The summed E-state index contributed by atoms with van der Waals surface area (Å²) in [5.41, 5.74) is 4.24. The monoisotopic (exact) mass is 329 g/mol. The molecule has 5 nitrogen and oxygen atoms in total. The van der Waals surface area contributed by atoms with Crippen molar-refractivity contribution in [2.75, 3.05) is 6.54 Å². The molecule has 0 atom stereocenters. The third-order valence-corrected chi connectivity index (χ3v) is 4.92. The van der Waals surface area contributed by atoms with Gasteiger partial charge in [0.15, 0.2) is 0 Å². The fourth-order valence-corrected chi connectivity index (χ4v) is 3.61. The SMILES string of the molecule is O=C1c2ccccc2C(=O)N1CCc1c[nH]c2cc3cc[nH]c3cc12. The first-order valence-electron chi connectivity index (χ1n) is 8.25. The van der Waals surface area contributed by atoms with Gasteiger partial charge in [0.25, 0.3) is 11.8 Å². The Kier molecular flexibility index (Phi) is 2.85. The first kappa shape index (κ1) is 14.0. The lowest BCUT2D eigenvalue weighted by Gasteiger charge is -2.13. The Balaban J connectivity index is 1.44. The molecule has 0 saturated heterocycles. The third kappa shape index (κ3) is 2.02. The molecule has 0 saturated carbocycles. The van der Waals surface area contributed by atoms with E-state index >= 15 is 0 Å². The Bertz CT molecular complexity index is 1120. The van der Waals surface area contributed by atoms with Gasteiger partial charge in [0.2, 0.25) is 0 Å². The minimum atomic E-state index is -0.202. The number of benzene rings is 2. The standard InChI is InChI=1S/C20H15N3O2/c24-19-14-3-1-2-4-15(14)20(25)23(19)8-6-13-11-22-18-9-12-5-7-21-17(12)10-16(13)18/h1-5,7,9-11,21-22H,6,8H2. The van der Waals surface area contributed by atoms with Gasteiger partial charge in [0.1, 0.15) is 0 Å². The summed E-state index contributed by atoms with van der Waals surface area (Å²) >= 11 is 0. The van der Waals surface area contributed by atoms with Crippen molar-refractivity contribution in [3.05, 3.63) is 71.5 Å². The van der Waals surface area contributed by atoms with Crippen molar-refractivity contribution in [2.24, 2.45) is 0 Å². The van der Waals surface area contributed by atoms with Gasteiger partial charge in [0.05, 0.1) is 11.1 Å². The molecule has 5 rings (SSSR count). The lowest BCUT2D eigenvalue weighted by atomic mass is 10.1. The highest BCUT2D eigenvalue weighted by Crippen LogP contribution is 2.26. The second-order valence-electron chi connectivity index (χ2n) is 6.33.